The molecule has 0 unspecified atom stereocenters. The summed E-state index contributed by atoms with van der Waals surface area (Å²) in [6, 6.07) is 18.8. The van der Waals surface area contributed by atoms with E-state index in [4.69, 9.17) is 4.74 Å². The molecule has 3 rings (SSSR count). The number of nitrogens with one attached hydrogen (secondary N) is 1. The van der Waals surface area contributed by atoms with Crippen molar-refractivity contribution in [1.29, 1.82) is 0 Å². The molecule has 0 saturated heterocycles. The normalized spacial score (nSPS) is 10.8. The predicted octanol–water partition coefficient (Wildman–Crippen LogP) is 3.84. The summed E-state index contributed by atoms with van der Waals surface area (Å²) in [5, 5.41) is 4.59. The molecule has 22 heavy (non-hydrogen) atoms. The molecule has 1 heterocycles. The van der Waals surface area contributed by atoms with Gasteiger partial charge in [0, 0.05) is 24.0 Å². The molecular formula is C19H20N2O. The maximum Gasteiger partial charge on any atom is 0.218 e. The molecule has 1 N–H and O–H groups in total. The minimum Gasteiger partial charge on any atom is -0.481 e. The molecule has 0 atom stereocenters. The second-order valence-electron chi connectivity index (χ2n) is 5.44. The van der Waals surface area contributed by atoms with Gasteiger partial charge < -0.3 is 10.1 Å². The third kappa shape index (κ3) is 3.26. The molecule has 3 nitrogen and oxygen atoms in total. The van der Waals surface area contributed by atoms with Crippen LogP contribution >= 0.6 is 0 Å². The van der Waals surface area contributed by atoms with Crippen LogP contribution in [0.4, 0.5) is 0 Å². The van der Waals surface area contributed by atoms with Gasteiger partial charge in [0.15, 0.2) is 0 Å². The molecule has 0 aliphatic heterocycles. The summed E-state index contributed by atoms with van der Waals surface area (Å²) < 4.78 is 5.42. The van der Waals surface area contributed by atoms with Gasteiger partial charge in [-0.05, 0) is 24.6 Å². The summed E-state index contributed by atoms with van der Waals surface area (Å²) >= 11 is 0. The van der Waals surface area contributed by atoms with Crippen molar-refractivity contribution in [3.63, 3.8) is 0 Å². The minimum absolute atomic E-state index is 0.690. The predicted molar refractivity (Wildman–Crippen MR) is 90.0 cm³/mol. The Morgan fingerprint density at radius 2 is 1.77 bits per heavy atom. The van der Waals surface area contributed by atoms with E-state index in [9.17, 15) is 0 Å². The second-order valence-corrected chi connectivity index (χ2v) is 5.44. The standard InChI is InChI=1S/C19H20N2O/c1-14-7-9-15(10-8-14)12-20-13-17-11-16-5-3-4-6-18(16)21-19(17)22-2/h3-11,20H,12-13H2,1-2H3. The van der Waals surface area contributed by atoms with Crippen molar-refractivity contribution in [2.24, 2.45) is 0 Å². The molecule has 3 aromatic rings. The Labute approximate surface area is 131 Å². The van der Waals surface area contributed by atoms with E-state index in [1.54, 1.807) is 7.11 Å². The third-order valence-corrected chi connectivity index (χ3v) is 3.72. The number of para-hydroxylation sites is 1. The number of fused-ring (bicyclic) bond motifs is 1. The van der Waals surface area contributed by atoms with Crippen molar-refractivity contribution >= 4 is 10.9 Å². The van der Waals surface area contributed by atoms with E-state index in [1.165, 1.54) is 11.1 Å². The van der Waals surface area contributed by atoms with Gasteiger partial charge in [0.25, 0.3) is 0 Å². The van der Waals surface area contributed by atoms with Crippen LogP contribution in [-0.2, 0) is 13.1 Å². The number of benzene rings is 2. The monoisotopic (exact) mass is 292 g/mol. The minimum atomic E-state index is 0.690. The van der Waals surface area contributed by atoms with E-state index in [2.05, 4.69) is 53.6 Å². The smallest absolute Gasteiger partial charge is 0.218 e. The van der Waals surface area contributed by atoms with Crippen molar-refractivity contribution in [3.05, 3.63) is 71.3 Å². The first-order valence-electron chi connectivity index (χ1n) is 7.45. The number of methoxy groups -OCH3 is 1. The Morgan fingerprint density at radius 3 is 2.55 bits per heavy atom. The number of hydrogen-bond acceptors (Lipinski definition) is 3. The zero-order valence-electron chi connectivity index (χ0n) is 13.0. The highest BCUT2D eigenvalue weighted by atomic mass is 16.5. The van der Waals surface area contributed by atoms with Crippen LogP contribution in [-0.4, -0.2) is 12.1 Å². The molecule has 3 heteroatoms. The first-order valence-corrected chi connectivity index (χ1v) is 7.45. The lowest BCUT2D eigenvalue weighted by atomic mass is 10.1. The number of rotatable bonds is 5. The summed E-state index contributed by atoms with van der Waals surface area (Å²) in [7, 11) is 1.67. The maximum absolute atomic E-state index is 5.42. The van der Waals surface area contributed by atoms with E-state index in [0.29, 0.717) is 5.88 Å². The van der Waals surface area contributed by atoms with E-state index < -0.39 is 0 Å². The molecule has 0 aliphatic rings. The van der Waals surface area contributed by atoms with E-state index in [0.717, 1.165) is 29.6 Å². The van der Waals surface area contributed by atoms with Gasteiger partial charge in [-0.1, -0.05) is 48.0 Å². The Balaban J connectivity index is 1.73. The highest BCUT2D eigenvalue weighted by molar-refractivity contribution is 5.80. The van der Waals surface area contributed by atoms with Gasteiger partial charge in [0.1, 0.15) is 0 Å². The van der Waals surface area contributed by atoms with Crippen molar-refractivity contribution in [2.45, 2.75) is 20.0 Å². The molecular weight excluding hydrogens is 272 g/mol. The lowest BCUT2D eigenvalue weighted by Gasteiger charge is -2.10. The molecule has 0 bridgehead atoms. The lowest BCUT2D eigenvalue weighted by Crippen LogP contribution is -2.13. The van der Waals surface area contributed by atoms with Crippen LogP contribution in [0.25, 0.3) is 10.9 Å². The summed E-state index contributed by atoms with van der Waals surface area (Å²) in [6.45, 7) is 3.66. The molecule has 1 aromatic heterocycles. The second kappa shape index (κ2) is 6.58. The van der Waals surface area contributed by atoms with Crippen LogP contribution in [0.5, 0.6) is 5.88 Å². The number of aryl methyl sites for hydroxylation is 1. The van der Waals surface area contributed by atoms with Crippen molar-refractivity contribution in [2.75, 3.05) is 7.11 Å². The van der Waals surface area contributed by atoms with Crippen LogP contribution in [0.3, 0.4) is 0 Å². The van der Waals surface area contributed by atoms with E-state index in [1.807, 2.05) is 18.2 Å². The van der Waals surface area contributed by atoms with Crippen LogP contribution < -0.4 is 10.1 Å². The molecule has 0 aliphatic carbocycles. The van der Waals surface area contributed by atoms with Gasteiger partial charge in [0.05, 0.1) is 12.6 Å². The number of nitrogens with zero attached hydrogens (tertiary/aromatic N) is 1. The summed E-state index contributed by atoms with van der Waals surface area (Å²) in [5.74, 6) is 0.690. The zero-order valence-corrected chi connectivity index (χ0v) is 13.0. The van der Waals surface area contributed by atoms with Crippen molar-refractivity contribution in [3.8, 4) is 5.88 Å². The fourth-order valence-electron chi connectivity index (χ4n) is 2.49. The average molecular weight is 292 g/mol. The lowest BCUT2D eigenvalue weighted by molar-refractivity contribution is 0.392. The first-order chi connectivity index (χ1) is 10.8. The van der Waals surface area contributed by atoms with Gasteiger partial charge in [-0.15, -0.1) is 0 Å². The van der Waals surface area contributed by atoms with Gasteiger partial charge in [-0.25, -0.2) is 4.98 Å². The summed E-state index contributed by atoms with van der Waals surface area (Å²) in [4.78, 5) is 4.57. The van der Waals surface area contributed by atoms with Crippen LogP contribution in [0.1, 0.15) is 16.7 Å². The Morgan fingerprint density at radius 1 is 1.00 bits per heavy atom. The fourth-order valence-corrected chi connectivity index (χ4v) is 2.49. The fraction of sp³-hybridized carbons (Fsp3) is 0.211. The summed E-state index contributed by atoms with van der Waals surface area (Å²) in [5.41, 5.74) is 4.59. The van der Waals surface area contributed by atoms with Gasteiger partial charge in [-0.3, -0.25) is 0 Å². The van der Waals surface area contributed by atoms with E-state index in [-0.39, 0.29) is 0 Å². The topological polar surface area (TPSA) is 34.1 Å². The molecule has 2 aromatic carbocycles. The molecule has 0 amide bonds. The van der Waals surface area contributed by atoms with Crippen LogP contribution in [0.15, 0.2) is 54.6 Å². The highest BCUT2D eigenvalue weighted by Crippen LogP contribution is 2.22. The van der Waals surface area contributed by atoms with E-state index >= 15 is 0 Å². The van der Waals surface area contributed by atoms with Crippen LogP contribution in [0.2, 0.25) is 0 Å². The maximum atomic E-state index is 5.42. The quantitative estimate of drug-likeness (QED) is 0.776. The van der Waals surface area contributed by atoms with Crippen molar-refractivity contribution < 1.29 is 4.74 Å². The van der Waals surface area contributed by atoms with Gasteiger partial charge in [0.2, 0.25) is 5.88 Å². The van der Waals surface area contributed by atoms with Crippen LogP contribution in [0, 0.1) is 6.92 Å². The number of hydrogen-bond donors (Lipinski definition) is 1. The Kier molecular flexibility index (Phi) is 4.35. The Bertz CT molecular complexity index is 766. The SMILES string of the molecule is COc1nc2ccccc2cc1CNCc1ccc(C)cc1. The molecule has 0 saturated carbocycles. The average Bonchev–Trinajstić information content (AvgIpc) is 2.56. The largest absolute Gasteiger partial charge is 0.481 e. The molecule has 0 radical (unpaired) electrons. The van der Waals surface area contributed by atoms with Gasteiger partial charge >= 0.3 is 0 Å². The Hall–Kier alpha value is -2.39. The first kappa shape index (κ1) is 14.5. The number of ether oxygens (including phenoxy) is 1. The highest BCUT2D eigenvalue weighted by Gasteiger charge is 2.07. The van der Waals surface area contributed by atoms with Gasteiger partial charge in [-0.2, -0.15) is 0 Å². The zero-order chi connectivity index (χ0) is 15.4. The molecule has 0 spiro atoms. The van der Waals surface area contributed by atoms with Crippen molar-refractivity contribution in [1.82, 2.24) is 10.3 Å². The number of pyridine rings is 1. The third-order valence-electron chi connectivity index (χ3n) is 3.72. The molecule has 112 valence electrons. The molecule has 0 fully saturated rings. The summed E-state index contributed by atoms with van der Waals surface area (Å²) in [6.07, 6.45) is 0. The number of aromatic nitrogens is 1.